The Labute approximate surface area is 126 Å². The molecule has 0 saturated heterocycles. The van der Waals surface area contributed by atoms with Gasteiger partial charge in [-0.1, -0.05) is 32.8 Å². The molecule has 108 valence electrons. The van der Waals surface area contributed by atoms with Crippen LogP contribution in [-0.4, -0.2) is 22.8 Å². The predicted molar refractivity (Wildman–Crippen MR) is 88.8 cm³/mol. The third-order valence-corrected chi connectivity index (χ3v) is 4.19. The maximum Gasteiger partial charge on any atom is 0.185 e. The minimum Gasteiger partial charge on any atom is -0.358 e. The van der Waals surface area contributed by atoms with Gasteiger partial charge in [0.25, 0.3) is 0 Å². The Bertz CT molecular complexity index is 333. The minimum absolute atomic E-state index is 0.445. The highest BCUT2D eigenvalue weighted by Crippen LogP contribution is 2.29. The molecule has 0 heterocycles. The quantitative estimate of drug-likeness (QED) is 0.362. The fourth-order valence-electron chi connectivity index (χ4n) is 2.31. The van der Waals surface area contributed by atoms with Crippen molar-refractivity contribution in [3.63, 3.8) is 0 Å². The Hall–Kier alpha value is -0.880. The van der Waals surface area contributed by atoms with Gasteiger partial charge in [0.1, 0.15) is 0 Å². The molecule has 0 spiro atoms. The number of hydrogen-bond acceptors (Lipinski definition) is 2. The molecule has 0 unspecified atom stereocenters. The van der Waals surface area contributed by atoms with Crippen molar-refractivity contribution in [1.82, 2.24) is 21.5 Å². The van der Waals surface area contributed by atoms with Gasteiger partial charge >= 0.3 is 0 Å². The summed E-state index contributed by atoms with van der Waals surface area (Å²) in [5.41, 5.74) is 5.76. The normalized spacial score (nSPS) is 26.1. The summed E-state index contributed by atoms with van der Waals surface area (Å²) in [4.78, 5) is 0. The lowest BCUT2D eigenvalue weighted by molar-refractivity contribution is 0.224. The van der Waals surface area contributed by atoms with Crippen LogP contribution in [0.3, 0.4) is 0 Å². The van der Waals surface area contributed by atoms with Crippen LogP contribution in [-0.2, 0) is 0 Å². The molecular formula is C13H24N4S2. The topological polar surface area (TPSA) is 48.1 Å². The molecule has 0 amide bonds. The molecule has 0 aromatic heterocycles. The van der Waals surface area contributed by atoms with Crippen LogP contribution in [0.4, 0.5) is 0 Å². The van der Waals surface area contributed by atoms with Gasteiger partial charge in [0.2, 0.25) is 0 Å². The van der Waals surface area contributed by atoms with E-state index in [0.717, 1.165) is 5.92 Å². The van der Waals surface area contributed by atoms with E-state index in [1.807, 2.05) is 0 Å². The second kappa shape index (κ2) is 8.32. The molecule has 4 N–H and O–H groups in total. The molecule has 1 rings (SSSR count). The van der Waals surface area contributed by atoms with Crippen LogP contribution in [0.1, 0.15) is 33.1 Å². The maximum atomic E-state index is 5.27. The second-order valence-corrected chi connectivity index (χ2v) is 5.91. The number of rotatable bonds is 3. The van der Waals surface area contributed by atoms with E-state index in [2.05, 4.69) is 41.9 Å². The summed E-state index contributed by atoms with van der Waals surface area (Å²) < 4.78 is 0. The zero-order valence-electron chi connectivity index (χ0n) is 11.7. The number of thiocarbonyl (C=S) groups is 2. The minimum atomic E-state index is 0.445. The van der Waals surface area contributed by atoms with Gasteiger partial charge < -0.3 is 10.6 Å². The van der Waals surface area contributed by atoms with Gasteiger partial charge in [0, 0.05) is 12.6 Å². The van der Waals surface area contributed by atoms with Gasteiger partial charge in [0.05, 0.1) is 0 Å². The first-order valence-electron chi connectivity index (χ1n) is 6.75. The van der Waals surface area contributed by atoms with Crippen molar-refractivity contribution in [3.8, 4) is 0 Å². The highest BCUT2D eigenvalue weighted by molar-refractivity contribution is 7.80. The van der Waals surface area contributed by atoms with Crippen molar-refractivity contribution in [2.75, 3.05) is 6.54 Å². The molecule has 3 atom stereocenters. The molecule has 0 aromatic rings. The fourth-order valence-corrected chi connectivity index (χ4v) is 2.65. The largest absolute Gasteiger partial charge is 0.358 e. The van der Waals surface area contributed by atoms with E-state index in [4.69, 9.17) is 24.4 Å². The Kier molecular flexibility index (Phi) is 7.09. The third kappa shape index (κ3) is 5.74. The van der Waals surface area contributed by atoms with Crippen LogP contribution in [0.5, 0.6) is 0 Å². The van der Waals surface area contributed by atoms with Gasteiger partial charge in [-0.05, 0) is 42.7 Å². The summed E-state index contributed by atoms with van der Waals surface area (Å²) in [5, 5.41) is 7.42. The number of hydrogen-bond donors (Lipinski definition) is 4. The summed E-state index contributed by atoms with van der Waals surface area (Å²) in [5.74, 6) is 1.39. The Morgan fingerprint density at radius 1 is 1.21 bits per heavy atom. The molecule has 4 nitrogen and oxygen atoms in total. The predicted octanol–water partition coefficient (Wildman–Crippen LogP) is 1.84. The van der Waals surface area contributed by atoms with Crippen molar-refractivity contribution >= 4 is 34.7 Å². The highest BCUT2D eigenvalue weighted by atomic mass is 32.1. The molecule has 1 fully saturated rings. The van der Waals surface area contributed by atoms with Crippen molar-refractivity contribution in [3.05, 3.63) is 12.7 Å². The van der Waals surface area contributed by atoms with Gasteiger partial charge in [-0.3, -0.25) is 10.9 Å². The number of nitrogens with one attached hydrogen (secondary N) is 4. The van der Waals surface area contributed by atoms with Gasteiger partial charge in [-0.15, -0.1) is 6.58 Å². The summed E-state index contributed by atoms with van der Waals surface area (Å²) in [6, 6.07) is 0.445. The first-order chi connectivity index (χ1) is 9.04. The van der Waals surface area contributed by atoms with E-state index >= 15 is 0 Å². The summed E-state index contributed by atoms with van der Waals surface area (Å²) >= 11 is 10.3. The van der Waals surface area contributed by atoms with Crippen LogP contribution in [0.25, 0.3) is 0 Å². The average molecular weight is 300 g/mol. The monoisotopic (exact) mass is 300 g/mol. The molecule has 0 bridgehead atoms. The van der Waals surface area contributed by atoms with E-state index in [1.165, 1.54) is 19.3 Å². The van der Waals surface area contributed by atoms with E-state index in [1.54, 1.807) is 6.08 Å². The van der Waals surface area contributed by atoms with Crippen molar-refractivity contribution < 1.29 is 0 Å². The lowest BCUT2D eigenvalue weighted by atomic mass is 9.78. The van der Waals surface area contributed by atoms with E-state index in [0.29, 0.717) is 28.7 Å². The second-order valence-electron chi connectivity index (χ2n) is 5.10. The Morgan fingerprint density at radius 2 is 1.89 bits per heavy atom. The van der Waals surface area contributed by atoms with Crippen LogP contribution in [0.15, 0.2) is 12.7 Å². The van der Waals surface area contributed by atoms with E-state index < -0.39 is 0 Å². The zero-order valence-corrected chi connectivity index (χ0v) is 13.3. The first kappa shape index (κ1) is 16.2. The molecule has 0 radical (unpaired) electrons. The highest BCUT2D eigenvalue weighted by Gasteiger charge is 2.27. The standard InChI is InChI=1S/C13H24N4S2/c1-4-8-14-12(18)16-17-13(19)15-11-7-5-6-9(2)10(11)3/h4,9-11H,1,5-8H2,2-3H3,(H2,14,16,18)(H2,15,17,19)/t9-,10-,11+/m1/s1. The Balaban J connectivity index is 2.26. The van der Waals surface area contributed by atoms with E-state index in [9.17, 15) is 0 Å². The molecule has 0 aliphatic heterocycles. The average Bonchev–Trinajstić information content (AvgIpc) is 2.39. The molecule has 19 heavy (non-hydrogen) atoms. The molecule has 6 heteroatoms. The van der Waals surface area contributed by atoms with Crippen LogP contribution in [0, 0.1) is 11.8 Å². The van der Waals surface area contributed by atoms with Crippen LogP contribution < -0.4 is 21.5 Å². The lowest BCUT2D eigenvalue weighted by Crippen LogP contribution is -2.54. The van der Waals surface area contributed by atoms with Gasteiger partial charge in [0.15, 0.2) is 10.2 Å². The molecule has 1 aliphatic rings. The molecule has 1 saturated carbocycles. The van der Waals surface area contributed by atoms with E-state index in [-0.39, 0.29) is 0 Å². The van der Waals surface area contributed by atoms with Gasteiger partial charge in [-0.2, -0.15) is 0 Å². The summed E-state index contributed by atoms with van der Waals surface area (Å²) in [6.45, 7) is 8.83. The maximum absolute atomic E-state index is 5.27. The third-order valence-electron chi connectivity index (χ3n) is 3.72. The SMILES string of the molecule is C=CCNC(=S)NNC(=S)N[C@H]1CCC[C@@H](C)[C@H]1C. The van der Waals surface area contributed by atoms with Crippen molar-refractivity contribution in [2.45, 2.75) is 39.2 Å². The Morgan fingerprint density at radius 3 is 2.58 bits per heavy atom. The van der Waals surface area contributed by atoms with Crippen LogP contribution in [0.2, 0.25) is 0 Å². The zero-order chi connectivity index (χ0) is 14.3. The lowest BCUT2D eigenvalue weighted by Gasteiger charge is -2.35. The van der Waals surface area contributed by atoms with Gasteiger partial charge in [-0.25, -0.2) is 0 Å². The summed E-state index contributed by atoms with van der Waals surface area (Å²) in [7, 11) is 0. The smallest absolute Gasteiger partial charge is 0.185 e. The molecule has 0 aromatic carbocycles. The fraction of sp³-hybridized carbons (Fsp3) is 0.692. The van der Waals surface area contributed by atoms with Crippen molar-refractivity contribution in [2.24, 2.45) is 11.8 Å². The molecular weight excluding hydrogens is 276 g/mol. The molecule has 1 aliphatic carbocycles. The first-order valence-corrected chi connectivity index (χ1v) is 7.57. The summed E-state index contributed by atoms with van der Waals surface area (Å²) in [6.07, 6.45) is 5.49. The van der Waals surface area contributed by atoms with Crippen molar-refractivity contribution in [1.29, 1.82) is 0 Å². The van der Waals surface area contributed by atoms with Crippen LogP contribution >= 0.6 is 24.4 Å². The number of hydrazine groups is 1.